The molecule has 4 nitrogen and oxygen atoms in total. The van der Waals surface area contributed by atoms with E-state index < -0.39 is 5.97 Å². The molecule has 4 heteroatoms. The molecule has 0 spiro atoms. The molecule has 0 unspecified atom stereocenters. The van der Waals surface area contributed by atoms with Gasteiger partial charge >= 0.3 is 5.97 Å². The van der Waals surface area contributed by atoms with Crippen molar-refractivity contribution in [3.05, 3.63) is 47.5 Å². The molecular weight excluding hydrogens is 288 g/mol. The Morgan fingerprint density at radius 2 is 1.70 bits per heavy atom. The first-order valence-electron chi connectivity index (χ1n) is 8.14. The van der Waals surface area contributed by atoms with E-state index in [9.17, 15) is 9.90 Å². The van der Waals surface area contributed by atoms with Gasteiger partial charge in [0.1, 0.15) is 5.52 Å². The van der Waals surface area contributed by atoms with Crippen molar-refractivity contribution < 1.29 is 9.90 Å². The Labute approximate surface area is 134 Å². The SMILES string of the molecule is O=C(O)c1cccc2nc3cccc(CC4CCCC4)c3nc12. The summed E-state index contributed by atoms with van der Waals surface area (Å²) in [7, 11) is 0. The summed E-state index contributed by atoms with van der Waals surface area (Å²) in [5.41, 5.74) is 4.20. The van der Waals surface area contributed by atoms with Crippen molar-refractivity contribution in [2.75, 3.05) is 0 Å². The second-order valence-corrected chi connectivity index (χ2v) is 6.34. The number of hydrogen-bond donors (Lipinski definition) is 1. The van der Waals surface area contributed by atoms with Crippen LogP contribution in [0.2, 0.25) is 0 Å². The first-order valence-corrected chi connectivity index (χ1v) is 8.14. The highest BCUT2D eigenvalue weighted by Gasteiger charge is 2.18. The van der Waals surface area contributed by atoms with E-state index in [0.717, 1.165) is 17.5 Å². The second kappa shape index (κ2) is 5.61. The maximum absolute atomic E-state index is 11.4. The van der Waals surface area contributed by atoms with E-state index in [1.807, 2.05) is 18.2 Å². The smallest absolute Gasteiger partial charge is 0.337 e. The molecule has 1 aromatic heterocycles. The molecule has 1 N–H and O–H groups in total. The fraction of sp³-hybridized carbons (Fsp3) is 0.316. The summed E-state index contributed by atoms with van der Waals surface area (Å²) in [5, 5.41) is 9.39. The van der Waals surface area contributed by atoms with Gasteiger partial charge in [-0.3, -0.25) is 0 Å². The van der Waals surface area contributed by atoms with Gasteiger partial charge in [-0.15, -0.1) is 0 Å². The lowest BCUT2D eigenvalue weighted by atomic mass is 9.97. The van der Waals surface area contributed by atoms with Crippen LogP contribution >= 0.6 is 0 Å². The van der Waals surface area contributed by atoms with E-state index in [4.69, 9.17) is 4.98 Å². The second-order valence-electron chi connectivity index (χ2n) is 6.34. The van der Waals surface area contributed by atoms with Gasteiger partial charge in [-0.1, -0.05) is 43.9 Å². The molecule has 1 saturated carbocycles. The van der Waals surface area contributed by atoms with Gasteiger partial charge in [0.15, 0.2) is 0 Å². The van der Waals surface area contributed by atoms with Crippen LogP contribution in [0.5, 0.6) is 0 Å². The summed E-state index contributed by atoms with van der Waals surface area (Å²) in [5.74, 6) is -0.245. The van der Waals surface area contributed by atoms with E-state index in [2.05, 4.69) is 11.1 Å². The zero-order valence-corrected chi connectivity index (χ0v) is 12.8. The monoisotopic (exact) mass is 306 g/mol. The molecule has 116 valence electrons. The Morgan fingerprint density at radius 1 is 1.00 bits per heavy atom. The number of benzene rings is 2. The van der Waals surface area contributed by atoms with Crippen molar-refractivity contribution in [2.24, 2.45) is 5.92 Å². The minimum absolute atomic E-state index is 0.215. The molecule has 1 aliphatic rings. The zero-order valence-electron chi connectivity index (χ0n) is 12.8. The average molecular weight is 306 g/mol. The molecule has 1 fully saturated rings. The first kappa shape index (κ1) is 14.1. The maximum atomic E-state index is 11.4. The minimum Gasteiger partial charge on any atom is -0.478 e. The van der Waals surface area contributed by atoms with Crippen molar-refractivity contribution in [3.8, 4) is 0 Å². The number of aromatic carboxylic acids is 1. The molecule has 0 saturated heterocycles. The molecule has 0 bridgehead atoms. The number of nitrogens with zero attached hydrogens (tertiary/aromatic N) is 2. The standard InChI is InChI=1S/C19H18N2O2/c22-19(23)14-8-4-10-16-18(14)21-17-13(7-3-9-15(17)20-16)11-12-5-1-2-6-12/h3-4,7-10,12H,1-2,5-6,11H2,(H,22,23). The summed E-state index contributed by atoms with van der Waals surface area (Å²) in [6, 6.07) is 11.2. The molecule has 0 atom stereocenters. The average Bonchev–Trinajstić information content (AvgIpc) is 3.06. The van der Waals surface area contributed by atoms with Crippen LogP contribution < -0.4 is 0 Å². The van der Waals surface area contributed by atoms with Gasteiger partial charge < -0.3 is 5.11 Å². The molecule has 4 rings (SSSR count). The molecule has 0 aliphatic heterocycles. The predicted octanol–water partition coefficient (Wildman–Crippen LogP) is 4.21. The summed E-state index contributed by atoms with van der Waals surface area (Å²) in [6.45, 7) is 0. The van der Waals surface area contributed by atoms with Crippen LogP contribution in [0.3, 0.4) is 0 Å². The van der Waals surface area contributed by atoms with Gasteiger partial charge in [-0.05, 0) is 36.1 Å². The highest BCUT2D eigenvalue weighted by atomic mass is 16.4. The summed E-state index contributed by atoms with van der Waals surface area (Å²) >= 11 is 0. The van der Waals surface area contributed by atoms with Crippen LogP contribution in [0.4, 0.5) is 0 Å². The maximum Gasteiger partial charge on any atom is 0.337 e. The zero-order chi connectivity index (χ0) is 15.8. The Kier molecular flexibility index (Phi) is 3.45. The number of fused-ring (bicyclic) bond motifs is 2. The minimum atomic E-state index is -0.961. The van der Waals surface area contributed by atoms with Crippen molar-refractivity contribution in [2.45, 2.75) is 32.1 Å². The fourth-order valence-corrected chi connectivity index (χ4v) is 3.64. The molecule has 3 aromatic rings. The molecule has 2 aromatic carbocycles. The third-order valence-electron chi connectivity index (χ3n) is 4.79. The highest BCUT2D eigenvalue weighted by Crippen LogP contribution is 2.30. The molecule has 1 aliphatic carbocycles. The highest BCUT2D eigenvalue weighted by molar-refractivity contribution is 6.02. The van der Waals surface area contributed by atoms with Gasteiger partial charge in [0.2, 0.25) is 0 Å². The quantitative estimate of drug-likeness (QED) is 0.736. The molecular formula is C19H18N2O2. The lowest BCUT2D eigenvalue weighted by Gasteiger charge is -2.12. The lowest BCUT2D eigenvalue weighted by molar-refractivity contribution is 0.0699. The predicted molar refractivity (Wildman–Crippen MR) is 89.7 cm³/mol. The van der Waals surface area contributed by atoms with Crippen molar-refractivity contribution in [3.63, 3.8) is 0 Å². The fourth-order valence-electron chi connectivity index (χ4n) is 3.64. The number of hydrogen-bond acceptors (Lipinski definition) is 3. The molecule has 23 heavy (non-hydrogen) atoms. The Hall–Kier alpha value is -2.49. The lowest BCUT2D eigenvalue weighted by Crippen LogP contribution is -2.03. The van der Waals surface area contributed by atoms with Gasteiger partial charge in [-0.25, -0.2) is 14.8 Å². The van der Waals surface area contributed by atoms with E-state index in [1.54, 1.807) is 12.1 Å². The van der Waals surface area contributed by atoms with Crippen molar-refractivity contribution >= 4 is 28.0 Å². The third-order valence-corrected chi connectivity index (χ3v) is 4.79. The van der Waals surface area contributed by atoms with Crippen LogP contribution in [0, 0.1) is 5.92 Å². The van der Waals surface area contributed by atoms with Crippen LogP contribution in [-0.4, -0.2) is 21.0 Å². The Bertz CT molecular complexity index is 898. The topological polar surface area (TPSA) is 63.1 Å². The number of para-hydroxylation sites is 2. The summed E-state index contributed by atoms with van der Waals surface area (Å²) in [6.07, 6.45) is 6.18. The van der Waals surface area contributed by atoms with Gasteiger partial charge in [0.05, 0.1) is 22.1 Å². The number of rotatable bonds is 3. The van der Waals surface area contributed by atoms with E-state index in [0.29, 0.717) is 17.0 Å². The molecule has 1 heterocycles. The molecule has 0 radical (unpaired) electrons. The van der Waals surface area contributed by atoms with Crippen LogP contribution in [0.15, 0.2) is 36.4 Å². The van der Waals surface area contributed by atoms with Gasteiger partial charge in [-0.2, -0.15) is 0 Å². The van der Waals surface area contributed by atoms with Gasteiger partial charge in [0.25, 0.3) is 0 Å². The normalized spacial score (nSPS) is 15.5. The van der Waals surface area contributed by atoms with E-state index >= 15 is 0 Å². The van der Waals surface area contributed by atoms with Crippen LogP contribution in [0.1, 0.15) is 41.6 Å². The number of carboxylic acid groups (broad SMARTS) is 1. The van der Waals surface area contributed by atoms with Crippen molar-refractivity contribution in [1.82, 2.24) is 9.97 Å². The van der Waals surface area contributed by atoms with Crippen LogP contribution in [0.25, 0.3) is 22.1 Å². The van der Waals surface area contributed by atoms with Gasteiger partial charge in [0, 0.05) is 0 Å². The number of aromatic nitrogens is 2. The summed E-state index contributed by atoms with van der Waals surface area (Å²) < 4.78 is 0. The largest absolute Gasteiger partial charge is 0.478 e. The first-order chi connectivity index (χ1) is 11.2. The third kappa shape index (κ3) is 2.54. The number of carboxylic acids is 1. The Balaban J connectivity index is 1.90. The van der Waals surface area contributed by atoms with Crippen LogP contribution in [-0.2, 0) is 6.42 Å². The van der Waals surface area contributed by atoms with E-state index in [-0.39, 0.29) is 5.56 Å². The van der Waals surface area contributed by atoms with E-state index in [1.165, 1.54) is 31.2 Å². The van der Waals surface area contributed by atoms with Crippen molar-refractivity contribution in [1.29, 1.82) is 0 Å². The summed E-state index contributed by atoms with van der Waals surface area (Å²) in [4.78, 5) is 20.8. The Morgan fingerprint density at radius 3 is 2.43 bits per heavy atom. The number of carbonyl (C=O) groups is 1. The molecule has 0 amide bonds.